The lowest BCUT2D eigenvalue weighted by atomic mass is 10.2. The van der Waals surface area contributed by atoms with E-state index < -0.39 is 11.1 Å². The molecule has 1 aliphatic heterocycles. The lowest BCUT2D eigenvalue weighted by Crippen LogP contribution is -2.49. The molecule has 0 N–H and O–H groups in total. The molecule has 2 heterocycles. The summed E-state index contributed by atoms with van der Waals surface area (Å²) in [5.41, 5.74) is 0.954. The quantitative estimate of drug-likeness (QED) is 0.821. The Balaban J connectivity index is 1.64. The zero-order valence-corrected chi connectivity index (χ0v) is 14.0. The van der Waals surface area contributed by atoms with Gasteiger partial charge in [-0.1, -0.05) is 35.1 Å². The molecule has 1 aromatic heterocycles. The summed E-state index contributed by atoms with van der Waals surface area (Å²) in [6, 6.07) is 7.20. The highest BCUT2D eigenvalue weighted by Crippen LogP contribution is 2.36. The molecule has 0 unspecified atom stereocenters. The van der Waals surface area contributed by atoms with Gasteiger partial charge in [-0.15, -0.1) is 0 Å². The highest BCUT2D eigenvalue weighted by Gasteiger charge is 2.35. The molecule has 128 valence electrons. The number of carbonyl (C=O) groups excluding carboxylic acids is 1. The van der Waals surface area contributed by atoms with E-state index >= 15 is 0 Å². The van der Waals surface area contributed by atoms with Crippen LogP contribution < -0.4 is 4.90 Å². The second kappa shape index (κ2) is 6.60. The molecule has 24 heavy (non-hydrogen) atoms. The van der Waals surface area contributed by atoms with Crippen LogP contribution in [0.25, 0.3) is 0 Å². The van der Waals surface area contributed by atoms with E-state index in [1.165, 1.54) is 0 Å². The number of aromatic nitrogens is 1. The van der Waals surface area contributed by atoms with Gasteiger partial charge in [0.1, 0.15) is 4.88 Å². The zero-order valence-electron chi connectivity index (χ0n) is 12.4. The van der Waals surface area contributed by atoms with Crippen molar-refractivity contribution in [1.29, 1.82) is 0 Å². The maximum Gasteiger partial charge on any atom is 0.427 e. The van der Waals surface area contributed by atoms with Gasteiger partial charge >= 0.3 is 6.18 Å². The van der Waals surface area contributed by atoms with Gasteiger partial charge in [-0.05, 0) is 17.7 Å². The number of anilines is 1. The first-order chi connectivity index (χ1) is 11.3. The largest absolute Gasteiger partial charge is 0.427 e. The van der Waals surface area contributed by atoms with E-state index in [-0.39, 0.29) is 17.6 Å². The van der Waals surface area contributed by atoms with Gasteiger partial charge in [0, 0.05) is 24.7 Å². The summed E-state index contributed by atoms with van der Waals surface area (Å²) >= 11 is 6.39. The fourth-order valence-electron chi connectivity index (χ4n) is 2.39. The lowest BCUT2D eigenvalue weighted by Gasteiger charge is -2.34. The molecule has 1 saturated heterocycles. The molecule has 1 aliphatic rings. The first-order valence-corrected chi connectivity index (χ1v) is 8.32. The third-order valence-electron chi connectivity index (χ3n) is 3.65. The van der Waals surface area contributed by atoms with Crippen LogP contribution in [0.4, 0.5) is 18.3 Å². The van der Waals surface area contributed by atoms with Crippen molar-refractivity contribution in [3.05, 3.63) is 45.9 Å². The summed E-state index contributed by atoms with van der Waals surface area (Å²) in [6.07, 6.45) is -3.60. The van der Waals surface area contributed by atoms with Crippen LogP contribution in [0.3, 0.4) is 0 Å². The van der Waals surface area contributed by atoms with Crippen molar-refractivity contribution in [2.75, 3.05) is 24.5 Å². The van der Waals surface area contributed by atoms with E-state index in [2.05, 4.69) is 4.98 Å². The Morgan fingerprint density at radius 2 is 1.92 bits per heavy atom. The number of amides is 1. The van der Waals surface area contributed by atoms with Crippen LogP contribution in [0, 0.1) is 0 Å². The molecule has 0 aliphatic carbocycles. The van der Waals surface area contributed by atoms with Crippen LogP contribution >= 0.6 is 22.9 Å². The van der Waals surface area contributed by atoms with Gasteiger partial charge in [0.25, 0.3) is 0 Å². The molecule has 3 rings (SSSR count). The van der Waals surface area contributed by atoms with Crippen molar-refractivity contribution in [2.45, 2.75) is 12.7 Å². The van der Waals surface area contributed by atoms with Crippen LogP contribution in [0.2, 0.25) is 5.02 Å². The Labute approximate surface area is 145 Å². The smallest absolute Gasteiger partial charge is 0.337 e. The number of thiazole rings is 1. The normalized spacial score (nSPS) is 15.9. The Hall–Kier alpha value is -1.80. The van der Waals surface area contributed by atoms with Crippen LogP contribution in [0.15, 0.2) is 30.5 Å². The third kappa shape index (κ3) is 3.81. The molecule has 9 heteroatoms. The zero-order chi connectivity index (χ0) is 17.3. The molecule has 0 radical (unpaired) electrons. The lowest BCUT2D eigenvalue weighted by molar-refractivity contribution is -0.134. The molecule has 0 bridgehead atoms. The van der Waals surface area contributed by atoms with Crippen molar-refractivity contribution >= 4 is 34.0 Å². The number of piperazine rings is 1. The number of benzene rings is 1. The molecule has 0 spiro atoms. The second-order valence-electron chi connectivity index (χ2n) is 5.37. The van der Waals surface area contributed by atoms with Crippen LogP contribution in [0.5, 0.6) is 0 Å². The SMILES string of the molecule is O=C1CN(c2ncc(C(F)(F)F)s2)CCN1Cc1ccc(Cl)cc1. The number of alkyl halides is 3. The number of hydrogen-bond donors (Lipinski definition) is 0. The predicted octanol–water partition coefficient (Wildman–Crippen LogP) is 3.66. The first-order valence-electron chi connectivity index (χ1n) is 7.13. The fourth-order valence-corrected chi connectivity index (χ4v) is 3.33. The van der Waals surface area contributed by atoms with Gasteiger partial charge in [-0.25, -0.2) is 4.98 Å². The minimum Gasteiger partial charge on any atom is -0.337 e. The molecule has 1 amide bonds. The molecule has 0 atom stereocenters. The van der Waals surface area contributed by atoms with Gasteiger partial charge in [0.15, 0.2) is 5.13 Å². The van der Waals surface area contributed by atoms with Crippen LogP contribution in [0.1, 0.15) is 10.4 Å². The van der Waals surface area contributed by atoms with Crippen molar-refractivity contribution in [2.24, 2.45) is 0 Å². The van der Waals surface area contributed by atoms with Crippen molar-refractivity contribution < 1.29 is 18.0 Å². The number of hydrogen-bond acceptors (Lipinski definition) is 4. The minimum atomic E-state index is -4.41. The highest BCUT2D eigenvalue weighted by molar-refractivity contribution is 7.15. The average molecular weight is 376 g/mol. The maximum atomic E-state index is 12.6. The van der Waals surface area contributed by atoms with E-state index in [4.69, 9.17) is 11.6 Å². The van der Waals surface area contributed by atoms with E-state index in [0.29, 0.717) is 36.0 Å². The van der Waals surface area contributed by atoms with Gasteiger partial charge in [0.05, 0.1) is 12.7 Å². The third-order valence-corrected chi connectivity index (χ3v) is 5.00. The number of carbonyl (C=O) groups is 1. The van der Waals surface area contributed by atoms with Gasteiger partial charge < -0.3 is 9.80 Å². The summed E-state index contributed by atoms with van der Waals surface area (Å²) in [6.45, 7) is 1.36. The summed E-state index contributed by atoms with van der Waals surface area (Å²) in [5.74, 6) is -0.139. The molecule has 1 aromatic carbocycles. The fraction of sp³-hybridized carbons (Fsp3) is 0.333. The molecular weight excluding hydrogens is 363 g/mol. The first kappa shape index (κ1) is 17.0. The Kier molecular flexibility index (Phi) is 4.69. The number of rotatable bonds is 3. The Morgan fingerprint density at radius 3 is 2.50 bits per heavy atom. The summed E-state index contributed by atoms with van der Waals surface area (Å²) < 4.78 is 37.9. The van der Waals surface area contributed by atoms with Gasteiger partial charge in [0.2, 0.25) is 5.91 Å². The number of nitrogens with zero attached hydrogens (tertiary/aromatic N) is 3. The standard InChI is InChI=1S/C15H13ClF3N3OS/c16-11-3-1-10(2-4-11)8-21-5-6-22(9-13(21)23)14-20-7-12(24-14)15(17,18)19/h1-4,7H,5-6,8-9H2. The van der Waals surface area contributed by atoms with Crippen molar-refractivity contribution in [1.82, 2.24) is 9.88 Å². The topological polar surface area (TPSA) is 36.4 Å². The summed E-state index contributed by atoms with van der Waals surface area (Å²) in [7, 11) is 0. The molecule has 0 saturated carbocycles. The van der Waals surface area contributed by atoms with Crippen molar-refractivity contribution in [3.63, 3.8) is 0 Å². The van der Waals surface area contributed by atoms with E-state index in [1.807, 2.05) is 12.1 Å². The second-order valence-corrected chi connectivity index (χ2v) is 6.81. The molecular formula is C15H13ClF3N3OS. The summed E-state index contributed by atoms with van der Waals surface area (Å²) in [5, 5.41) is 0.848. The summed E-state index contributed by atoms with van der Waals surface area (Å²) in [4.78, 5) is 18.6. The average Bonchev–Trinajstić information content (AvgIpc) is 3.01. The monoisotopic (exact) mass is 375 g/mol. The van der Waals surface area contributed by atoms with Crippen LogP contribution in [-0.2, 0) is 17.5 Å². The Bertz CT molecular complexity index is 732. The van der Waals surface area contributed by atoms with Gasteiger partial charge in [-0.2, -0.15) is 13.2 Å². The Morgan fingerprint density at radius 1 is 1.21 bits per heavy atom. The highest BCUT2D eigenvalue weighted by atomic mass is 35.5. The number of halogens is 4. The molecule has 4 nitrogen and oxygen atoms in total. The van der Waals surface area contributed by atoms with Gasteiger partial charge in [-0.3, -0.25) is 4.79 Å². The minimum absolute atomic E-state index is 0.0262. The maximum absolute atomic E-state index is 12.6. The molecule has 2 aromatic rings. The van der Waals surface area contributed by atoms with E-state index in [1.54, 1.807) is 21.9 Å². The van der Waals surface area contributed by atoms with Crippen molar-refractivity contribution in [3.8, 4) is 0 Å². The van der Waals surface area contributed by atoms with E-state index in [9.17, 15) is 18.0 Å². The van der Waals surface area contributed by atoms with Crippen LogP contribution in [-0.4, -0.2) is 35.4 Å². The molecule has 1 fully saturated rings. The predicted molar refractivity (Wildman–Crippen MR) is 86.2 cm³/mol. The van der Waals surface area contributed by atoms with E-state index in [0.717, 1.165) is 11.8 Å².